The maximum absolute atomic E-state index is 13.5. The van der Waals surface area contributed by atoms with Crippen molar-refractivity contribution in [1.82, 2.24) is 15.5 Å². The number of benzene rings is 4. The average molecular weight is 748 g/mol. The summed E-state index contributed by atoms with van der Waals surface area (Å²) >= 11 is 0. The minimum Gasteiger partial charge on any atom is -0.507 e. The normalized spacial score (nSPS) is 13.2. The molecule has 0 aliphatic carbocycles. The van der Waals surface area contributed by atoms with Gasteiger partial charge in [0, 0.05) is 6.42 Å². The van der Waals surface area contributed by atoms with Crippen molar-refractivity contribution in [2.45, 2.75) is 44.1 Å². The summed E-state index contributed by atoms with van der Waals surface area (Å²) < 4.78 is 166. The van der Waals surface area contributed by atoms with Gasteiger partial charge in [0.2, 0.25) is 5.89 Å². The molecule has 18 heteroatoms. The number of nitrogens with one attached hydrogen (secondary N) is 1. The average Bonchev–Trinajstić information content (AvgIpc) is 3.49. The number of aromatic hydroxyl groups is 1. The van der Waals surface area contributed by atoms with Crippen LogP contribution in [0, 0.1) is 6.92 Å². The van der Waals surface area contributed by atoms with E-state index in [1.54, 1.807) is 0 Å². The number of hydrogen-bond acceptors (Lipinski definition) is 5. The van der Waals surface area contributed by atoms with Gasteiger partial charge in [-0.15, -0.1) is 0 Å². The van der Waals surface area contributed by atoms with E-state index in [1.807, 2.05) is 0 Å². The number of nitrogens with zero attached hydrogens (tertiary/aromatic N) is 2. The molecule has 0 saturated carbocycles. The van der Waals surface area contributed by atoms with Crippen LogP contribution in [-0.2, 0) is 31.1 Å². The molecule has 2 N–H and O–H groups in total. The van der Waals surface area contributed by atoms with Gasteiger partial charge < -0.3 is 14.9 Å². The SMILES string of the molecule is Cc1noc([C@@H](Cc2ccc(-c3cc(C(F)(F)F)cc(C(F)(F)F)c3)cc2)NC(=O)c2cc(-c3cc(C(F)(F)F)cc(C(F)(F)F)c3)ccc2O)n1. The van der Waals surface area contributed by atoms with Crippen LogP contribution >= 0.6 is 0 Å². The van der Waals surface area contributed by atoms with Crippen LogP contribution in [-0.4, -0.2) is 21.2 Å². The van der Waals surface area contributed by atoms with Crippen molar-refractivity contribution in [2.75, 3.05) is 0 Å². The van der Waals surface area contributed by atoms with E-state index in [0.717, 1.165) is 18.2 Å². The molecule has 4 aromatic carbocycles. The van der Waals surface area contributed by atoms with Crippen LogP contribution in [0.2, 0.25) is 0 Å². The molecule has 0 spiro atoms. The zero-order valence-corrected chi connectivity index (χ0v) is 26.0. The number of aryl methyl sites for hydroxylation is 1. The Hall–Kier alpha value is -5.55. The van der Waals surface area contributed by atoms with Crippen molar-refractivity contribution in [2.24, 2.45) is 0 Å². The molecule has 0 bridgehead atoms. The highest BCUT2D eigenvalue weighted by Gasteiger charge is 2.38. The Balaban J connectivity index is 1.46. The predicted octanol–water partition coefficient (Wildman–Crippen LogP) is 10.2. The fraction of sp³-hybridized carbons (Fsp3) is 0.206. The van der Waals surface area contributed by atoms with Gasteiger partial charge in [-0.25, -0.2) is 0 Å². The van der Waals surface area contributed by atoms with E-state index in [-0.39, 0.29) is 47.0 Å². The summed E-state index contributed by atoms with van der Waals surface area (Å²) in [5.74, 6) is -1.85. The molecule has 0 unspecified atom stereocenters. The van der Waals surface area contributed by atoms with Gasteiger partial charge in [-0.1, -0.05) is 35.5 Å². The van der Waals surface area contributed by atoms with Crippen molar-refractivity contribution in [3.05, 3.63) is 124 Å². The third-order valence-electron chi connectivity index (χ3n) is 7.62. The standard InChI is InChI=1S/C34H21F12N3O3/c1-16-47-30(52-49-16)27(8-17-2-4-18(5-3-17)20-9-22(31(35,36)37)14-23(10-20)32(38,39)40)48-29(51)26-13-19(6-7-28(26)50)21-11-24(33(41,42)43)15-25(12-21)34(44,45)46/h2-7,9-15,27,50H,8H2,1H3,(H,48,51)/t27-/m1/s1. The first-order valence-electron chi connectivity index (χ1n) is 14.6. The molecule has 52 heavy (non-hydrogen) atoms. The summed E-state index contributed by atoms with van der Waals surface area (Å²) in [5, 5.41) is 16.6. The fourth-order valence-corrected chi connectivity index (χ4v) is 5.10. The molecule has 5 aromatic rings. The van der Waals surface area contributed by atoms with Gasteiger partial charge >= 0.3 is 24.7 Å². The summed E-state index contributed by atoms with van der Waals surface area (Å²) in [6.45, 7) is 1.44. The van der Waals surface area contributed by atoms with Gasteiger partial charge in [-0.3, -0.25) is 4.79 Å². The Bertz CT molecular complexity index is 2030. The third-order valence-corrected chi connectivity index (χ3v) is 7.62. The first-order valence-corrected chi connectivity index (χ1v) is 14.6. The number of rotatable bonds is 7. The second-order valence-electron chi connectivity index (χ2n) is 11.4. The number of alkyl halides is 12. The number of phenols is 1. The first kappa shape index (κ1) is 37.7. The van der Waals surface area contributed by atoms with Gasteiger partial charge in [-0.2, -0.15) is 57.7 Å². The molecular weight excluding hydrogens is 726 g/mol. The molecular formula is C34H21F12N3O3. The molecule has 1 atom stereocenters. The quantitative estimate of drug-likeness (QED) is 0.162. The highest BCUT2D eigenvalue weighted by Crippen LogP contribution is 2.41. The molecule has 274 valence electrons. The smallest absolute Gasteiger partial charge is 0.416 e. The highest BCUT2D eigenvalue weighted by molar-refractivity contribution is 5.98. The van der Waals surface area contributed by atoms with Gasteiger partial charge in [0.15, 0.2) is 5.82 Å². The van der Waals surface area contributed by atoms with E-state index in [2.05, 4.69) is 15.5 Å². The Kier molecular flexibility index (Phi) is 9.81. The Morgan fingerprint density at radius 1 is 0.654 bits per heavy atom. The van der Waals surface area contributed by atoms with E-state index >= 15 is 0 Å². The van der Waals surface area contributed by atoms with Crippen LogP contribution in [0.3, 0.4) is 0 Å². The van der Waals surface area contributed by atoms with Crippen molar-refractivity contribution >= 4 is 5.91 Å². The summed E-state index contributed by atoms with van der Waals surface area (Å²) in [7, 11) is 0. The van der Waals surface area contributed by atoms with E-state index in [0.29, 0.717) is 29.8 Å². The maximum Gasteiger partial charge on any atom is 0.416 e. The van der Waals surface area contributed by atoms with Gasteiger partial charge in [0.1, 0.15) is 11.8 Å². The molecule has 0 aliphatic rings. The number of hydrogen-bond donors (Lipinski definition) is 2. The second-order valence-corrected chi connectivity index (χ2v) is 11.4. The van der Waals surface area contributed by atoms with Crippen LogP contribution in [0.15, 0.2) is 83.4 Å². The van der Waals surface area contributed by atoms with Gasteiger partial charge in [0.05, 0.1) is 27.8 Å². The molecule has 1 heterocycles. The Labute approximate surface area is 284 Å². The Morgan fingerprint density at radius 3 is 1.52 bits per heavy atom. The van der Waals surface area contributed by atoms with Crippen LogP contribution in [0.5, 0.6) is 5.75 Å². The van der Waals surface area contributed by atoms with Crippen molar-refractivity contribution < 1.29 is 67.1 Å². The Morgan fingerprint density at radius 2 is 1.10 bits per heavy atom. The van der Waals surface area contributed by atoms with Crippen LogP contribution in [0.4, 0.5) is 52.7 Å². The van der Waals surface area contributed by atoms with Crippen molar-refractivity contribution in [1.29, 1.82) is 0 Å². The zero-order valence-electron chi connectivity index (χ0n) is 26.0. The molecule has 0 saturated heterocycles. The summed E-state index contributed by atoms with van der Waals surface area (Å²) in [4.78, 5) is 17.5. The lowest BCUT2D eigenvalue weighted by atomic mass is 9.96. The van der Waals surface area contributed by atoms with Crippen molar-refractivity contribution in [3.63, 3.8) is 0 Å². The summed E-state index contributed by atoms with van der Waals surface area (Å²) in [6.07, 6.45) is -20.6. The first-order chi connectivity index (χ1) is 24.0. The topological polar surface area (TPSA) is 88.2 Å². The maximum atomic E-state index is 13.5. The van der Waals surface area contributed by atoms with Crippen LogP contribution in [0.25, 0.3) is 22.3 Å². The molecule has 5 rings (SSSR count). The highest BCUT2D eigenvalue weighted by atomic mass is 19.4. The number of amides is 1. The molecule has 1 amide bonds. The monoisotopic (exact) mass is 747 g/mol. The lowest BCUT2D eigenvalue weighted by Gasteiger charge is -2.18. The molecule has 1 aromatic heterocycles. The summed E-state index contributed by atoms with van der Waals surface area (Å²) in [5.41, 5.74) is -7.73. The second kappa shape index (κ2) is 13.5. The largest absolute Gasteiger partial charge is 0.507 e. The van der Waals surface area contributed by atoms with Gasteiger partial charge in [0.25, 0.3) is 5.91 Å². The zero-order chi connectivity index (χ0) is 38.4. The van der Waals surface area contributed by atoms with Crippen molar-refractivity contribution in [3.8, 4) is 28.0 Å². The van der Waals surface area contributed by atoms with E-state index < -0.39 is 75.8 Å². The van der Waals surface area contributed by atoms with Crippen LogP contribution in [0.1, 0.15) is 55.9 Å². The third kappa shape index (κ3) is 8.66. The number of carbonyl (C=O) groups is 1. The van der Waals surface area contributed by atoms with E-state index in [9.17, 15) is 62.6 Å². The van der Waals surface area contributed by atoms with E-state index in [1.165, 1.54) is 31.2 Å². The molecule has 0 radical (unpaired) electrons. The van der Waals surface area contributed by atoms with E-state index in [4.69, 9.17) is 4.52 Å². The number of phenolic OH excluding ortho intramolecular Hbond substituents is 1. The number of aromatic nitrogens is 2. The minimum absolute atomic E-state index is 0.00951. The van der Waals surface area contributed by atoms with Crippen LogP contribution < -0.4 is 5.32 Å². The number of halogens is 12. The van der Waals surface area contributed by atoms with Gasteiger partial charge in [-0.05, 0) is 83.3 Å². The lowest BCUT2D eigenvalue weighted by Crippen LogP contribution is -2.30. The molecule has 0 fully saturated rings. The molecule has 6 nitrogen and oxygen atoms in total. The predicted molar refractivity (Wildman–Crippen MR) is 158 cm³/mol. The summed E-state index contributed by atoms with van der Waals surface area (Å²) in [6, 6.07) is 8.64. The minimum atomic E-state index is -5.15. The lowest BCUT2D eigenvalue weighted by molar-refractivity contribution is -0.144. The molecule has 0 aliphatic heterocycles. The number of carbonyl (C=O) groups excluding carboxylic acids is 1. The fourth-order valence-electron chi connectivity index (χ4n) is 5.10.